The number of allylic oxidation sites excluding steroid dienone is 1. The Morgan fingerprint density at radius 2 is 2.04 bits per heavy atom. The average Bonchev–Trinajstić information content (AvgIpc) is 2.70. The lowest BCUT2D eigenvalue weighted by Crippen LogP contribution is -2.23. The van der Waals surface area contributed by atoms with Crippen LogP contribution in [0.25, 0.3) is 6.08 Å². The number of carboxylic acids is 1. The van der Waals surface area contributed by atoms with E-state index in [1.165, 1.54) is 6.07 Å². The molecule has 0 amide bonds. The van der Waals surface area contributed by atoms with E-state index in [2.05, 4.69) is 0 Å². The van der Waals surface area contributed by atoms with Crippen LogP contribution in [0.4, 0.5) is 4.39 Å². The van der Waals surface area contributed by atoms with E-state index in [1.807, 2.05) is 18.2 Å². The minimum Gasteiger partial charge on any atom is -0.497 e. The van der Waals surface area contributed by atoms with Crippen molar-refractivity contribution in [1.29, 1.82) is 0 Å². The lowest BCUT2D eigenvalue weighted by atomic mass is 10.1. The first-order valence-electron chi connectivity index (χ1n) is 9.10. The molecule has 0 aliphatic rings. The number of hydrogen-bond donors (Lipinski definition) is 1. The molecule has 0 spiro atoms. The van der Waals surface area contributed by atoms with Crippen molar-refractivity contribution in [2.24, 2.45) is 0 Å². The summed E-state index contributed by atoms with van der Waals surface area (Å²) in [6, 6.07) is 11.8. The van der Waals surface area contributed by atoms with Crippen LogP contribution < -0.4 is 9.47 Å². The zero-order valence-electron chi connectivity index (χ0n) is 16.1. The van der Waals surface area contributed by atoms with Crippen LogP contribution in [0.2, 0.25) is 0 Å². The molecule has 0 saturated carbocycles. The number of halogens is 1. The van der Waals surface area contributed by atoms with Crippen LogP contribution in [0.5, 0.6) is 11.5 Å². The molecule has 0 radical (unpaired) electrons. The fraction of sp³-hybridized carbons (Fsp3) is 0.318. The Hall–Kier alpha value is -2.86. The van der Waals surface area contributed by atoms with E-state index < -0.39 is 12.1 Å². The van der Waals surface area contributed by atoms with Crippen LogP contribution in [-0.4, -0.2) is 30.9 Å². The summed E-state index contributed by atoms with van der Waals surface area (Å²) >= 11 is 0. The molecule has 28 heavy (non-hydrogen) atoms. The number of hydrogen-bond acceptors (Lipinski definition) is 4. The predicted molar refractivity (Wildman–Crippen MR) is 105 cm³/mol. The van der Waals surface area contributed by atoms with Crippen molar-refractivity contribution < 1.29 is 28.5 Å². The smallest absolute Gasteiger partial charge is 0.332 e. The Bertz CT molecular complexity index is 803. The normalized spacial score (nSPS) is 12.1. The Kier molecular flexibility index (Phi) is 8.49. The van der Waals surface area contributed by atoms with Gasteiger partial charge in [-0.1, -0.05) is 30.4 Å². The first-order chi connectivity index (χ1) is 13.5. The molecular weight excluding hydrogens is 363 g/mol. The van der Waals surface area contributed by atoms with Crippen molar-refractivity contribution in [3.63, 3.8) is 0 Å². The second-order valence-electron chi connectivity index (χ2n) is 6.05. The minimum absolute atomic E-state index is 0.102. The maximum atomic E-state index is 13.8. The van der Waals surface area contributed by atoms with Gasteiger partial charge in [0, 0.05) is 17.7 Å². The first kappa shape index (κ1) is 21.4. The minimum atomic E-state index is -0.967. The van der Waals surface area contributed by atoms with Gasteiger partial charge in [-0.25, -0.2) is 9.18 Å². The summed E-state index contributed by atoms with van der Waals surface area (Å²) in [5.41, 5.74) is 1.23. The predicted octanol–water partition coefficient (Wildman–Crippen LogP) is 4.70. The number of rotatable bonds is 11. The zero-order chi connectivity index (χ0) is 20.4. The second-order valence-corrected chi connectivity index (χ2v) is 6.05. The highest BCUT2D eigenvalue weighted by Crippen LogP contribution is 2.27. The molecule has 150 valence electrons. The van der Waals surface area contributed by atoms with Gasteiger partial charge in [0.25, 0.3) is 0 Å². The number of aliphatic carboxylic acids is 1. The van der Waals surface area contributed by atoms with Gasteiger partial charge in [-0.2, -0.15) is 0 Å². The van der Waals surface area contributed by atoms with E-state index in [0.717, 1.165) is 5.56 Å². The summed E-state index contributed by atoms with van der Waals surface area (Å²) in [5.74, 6) is -0.0372. The van der Waals surface area contributed by atoms with Gasteiger partial charge >= 0.3 is 5.97 Å². The summed E-state index contributed by atoms with van der Waals surface area (Å²) in [4.78, 5) is 11.1. The van der Waals surface area contributed by atoms with Gasteiger partial charge in [0.05, 0.1) is 7.11 Å². The van der Waals surface area contributed by atoms with E-state index >= 15 is 0 Å². The fourth-order valence-electron chi connectivity index (χ4n) is 2.62. The molecule has 2 aromatic carbocycles. The molecule has 0 heterocycles. The summed E-state index contributed by atoms with van der Waals surface area (Å²) in [6.45, 7) is 2.22. The number of carboxylic acid groups (broad SMARTS) is 1. The van der Waals surface area contributed by atoms with E-state index in [9.17, 15) is 9.18 Å². The lowest BCUT2D eigenvalue weighted by Gasteiger charge is -2.12. The standard InChI is InChI=1S/C22H25FO5/c1-3-27-21(22(24)25)11-7-5-8-16-14-18(26-2)12-13-20(16)28-15-17-9-4-6-10-19(17)23/h4-6,8-10,12-14,21H,3,7,11,15H2,1-2H3,(H,24,25). The summed E-state index contributed by atoms with van der Waals surface area (Å²) in [6.07, 6.45) is 3.77. The van der Waals surface area contributed by atoms with Gasteiger partial charge in [-0.05, 0) is 44.0 Å². The summed E-state index contributed by atoms with van der Waals surface area (Å²) in [5, 5.41) is 9.12. The Morgan fingerprint density at radius 1 is 1.25 bits per heavy atom. The van der Waals surface area contributed by atoms with Crippen molar-refractivity contribution in [2.75, 3.05) is 13.7 Å². The largest absolute Gasteiger partial charge is 0.497 e. The molecule has 5 nitrogen and oxygen atoms in total. The van der Waals surface area contributed by atoms with Crippen molar-refractivity contribution in [3.8, 4) is 11.5 Å². The van der Waals surface area contributed by atoms with Crippen LogP contribution in [0.3, 0.4) is 0 Å². The van der Waals surface area contributed by atoms with E-state index in [4.69, 9.17) is 19.3 Å². The maximum absolute atomic E-state index is 13.8. The van der Waals surface area contributed by atoms with Crippen LogP contribution in [0.1, 0.15) is 30.9 Å². The Labute approximate surface area is 164 Å². The molecule has 1 unspecified atom stereocenters. The highest BCUT2D eigenvalue weighted by molar-refractivity contribution is 5.72. The van der Waals surface area contributed by atoms with E-state index in [0.29, 0.717) is 36.5 Å². The molecule has 0 aliphatic carbocycles. The molecule has 0 fully saturated rings. The Balaban J connectivity index is 2.07. The molecule has 0 aliphatic heterocycles. The highest BCUT2D eigenvalue weighted by atomic mass is 19.1. The average molecular weight is 388 g/mol. The molecule has 2 aromatic rings. The third kappa shape index (κ3) is 6.39. The van der Waals surface area contributed by atoms with Gasteiger partial charge in [0.1, 0.15) is 23.9 Å². The SMILES string of the molecule is CCOC(CCC=Cc1cc(OC)ccc1OCc1ccccc1F)C(=O)O. The lowest BCUT2D eigenvalue weighted by molar-refractivity contribution is -0.150. The quantitative estimate of drug-likeness (QED) is 0.605. The topological polar surface area (TPSA) is 65.0 Å². The Morgan fingerprint density at radius 3 is 2.71 bits per heavy atom. The molecule has 1 atom stereocenters. The van der Waals surface area contributed by atoms with Crippen LogP contribution in [0.15, 0.2) is 48.5 Å². The van der Waals surface area contributed by atoms with Crippen molar-refractivity contribution in [2.45, 2.75) is 32.5 Å². The van der Waals surface area contributed by atoms with Gasteiger partial charge in [-0.3, -0.25) is 0 Å². The third-order valence-electron chi connectivity index (χ3n) is 4.09. The van der Waals surface area contributed by atoms with Gasteiger partial charge in [0.15, 0.2) is 6.10 Å². The van der Waals surface area contributed by atoms with Crippen LogP contribution in [-0.2, 0) is 16.1 Å². The number of methoxy groups -OCH3 is 1. The number of carbonyl (C=O) groups is 1. The van der Waals surface area contributed by atoms with E-state index in [-0.39, 0.29) is 12.4 Å². The molecule has 2 rings (SSSR count). The van der Waals surface area contributed by atoms with Gasteiger partial charge in [-0.15, -0.1) is 0 Å². The zero-order valence-corrected chi connectivity index (χ0v) is 16.1. The van der Waals surface area contributed by atoms with E-state index in [1.54, 1.807) is 44.4 Å². The van der Waals surface area contributed by atoms with Crippen LogP contribution >= 0.6 is 0 Å². The van der Waals surface area contributed by atoms with Crippen molar-refractivity contribution in [3.05, 3.63) is 65.5 Å². The molecular formula is C22H25FO5. The molecule has 0 bridgehead atoms. The van der Waals surface area contributed by atoms with Gasteiger partial charge in [0.2, 0.25) is 0 Å². The van der Waals surface area contributed by atoms with Crippen molar-refractivity contribution >= 4 is 12.0 Å². The highest BCUT2D eigenvalue weighted by Gasteiger charge is 2.15. The fourth-order valence-corrected chi connectivity index (χ4v) is 2.62. The van der Waals surface area contributed by atoms with Gasteiger partial charge < -0.3 is 19.3 Å². The molecule has 0 saturated heterocycles. The number of ether oxygens (including phenoxy) is 3. The summed E-state index contributed by atoms with van der Waals surface area (Å²) in [7, 11) is 1.57. The monoisotopic (exact) mass is 388 g/mol. The number of benzene rings is 2. The maximum Gasteiger partial charge on any atom is 0.332 e. The van der Waals surface area contributed by atoms with Crippen molar-refractivity contribution in [1.82, 2.24) is 0 Å². The molecule has 1 N–H and O–H groups in total. The molecule has 6 heteroatoms. The third-order valence-corrected chi connectivity index (χ3v) is 4.09. The molecule has 0 aromatic heterocycles. The summed E-state index contributed by atoms with van der Waals surface area (Å²) < 4.78 is 30.0. The van der Waals surface area contributed by atoms with Crippen LogP contribution in [0, 0.1) is 5.82 Å². The second kappa shape index (κ2) is 11.1. The first-order valence-corrected chi connectivity index (χ1v) is 9.10.